The quantitative estimate of drug-likeness (QED) is 0.302. The highest BCUT2D eigenvalue weighted by Crippen LogP contribution is 2.67. The molecule has 0 amide bonds. The zero-order valence-electron chi connectivity index (χ0n) is 28.7. The van der Waals surface area contributed by atoms with Crippen LogP contribution in [-0.2, 0) is 0 Å². The lowest BCUT2D eigenvalue weighted by atomic mass is 9.45. The summed E-state index contributed by atoms with van der Waals surface area (Å²) >= 11 is 0. The summed E-state index contributed by atoms with van der Waals surface area (Å²) in [5, 5.41) is 0. The molecule has 0 saturated heterocycles. The average molecular weight is 587 g/mol. The third-order valence-corrected chi connectivity index (χ3v) is 18.5. The molecule has 0 aromatic carbocycles. The second-order valence-electron chi connectivity index (χ2n) is 20.0. The Morgan fingerprint density at radius 1 is 0.302 bits per heavy atom. The van der Waals surface area contributed by atoms with Gasteiger partial charge in [-0.3, -0.25) is 0 Å². The van der Waals surface area contributed by atoms with E-state index in [0.29, 0.717) is 5.41 Å². The zero-order valence-corrected chi connectivity index (χ0v) is 28.7. The van der Waals surface area contributed by atoms with Gasteiger partial charge < -0.3 is 0 Å². The minimum absolute atomic E-state index is 0.627. The van der Waals surface area contributed by atoms with E-state index in [1.807, 2.05) is 0 Å². The summed E-state index contributed by atoms with van der Waals surface area (Å²) in [6.45, 7) is 5.51. The molecule has 9 saturated carbocycles. The van der Waals surface area contributed by atoms with E-state index in [2.05, 4.69) is 13.8 Å². The van der Waals surface area contributed by atoms with Crippen LogP contribution in [0.4, 0.5) is 0 Å². The summed E-state index contributed by atoms with van der Waals surface area (Å²) in [5.74, 6) is 17.8. The van der Waals surface area contributed by atoms with Crippen molar-refractivity contribution in [3.63, 3.8) is 0 Å². The van der Waals surface area contributed by atoms with Crippen LogP contribution in [0.5, 0.6) is 0 Å². The molecule has 0 aromatic rings. The molecule has 9 rings (SSSR count). The maximum atomic E-state index is 2.76. The predicted molar refractivity (Wildman–Crippen MR) is 180 cm³/mol. The SMILES string of the molecule is CC1(C)C2CCCCC2C2CCC(C3CC4CCCCC4C(C4CC5CCC6CCCCC6C5C5CCCCC45)C3)CC21. The van der Waals surface area contributed by atoms with Crippen LogP contribution in [0.15, 0.2) is 0 Å². The van der Waals surface area contributed by atoms with Crippen LogP contribution in [0.25, 0.3) is 0 Å². The first-order valence-electron chi connectivity index (χ1n) is 21.1. The average Bonchev–Trinajstić information content (AvgIpc) is 3.29. The van der Waals surface area contributed by atoms with Crippen molar-refractivity contribution in [2.45, 2.75) is 168 Å². The van der Waals surface area contributed by atoms with E-state index in [9.17, 15) is 0 Å². The van der Waals surface area contributed by atoms with Gasteiger partial charge in [-0.2, -0.15) is 0 Å². The topological polar surface area (TPSA) is 0 Å². The van der Waals surface area contributed by atoms with Crippen molar-refractivity contribution in [1.82, 2.24) is 0 Å². The van der Waals surface area contributed by atoms with E-state index >= 15 is 0 Å². The van der Waals surface area contributed by atoms with Gasteiger partial charge in [-0.25, -0.2) is 0 Å². The second kappa shape index (κ2) is 11.6. The molecular weight excluding hydrogens is 516 g/mol. The first-order valence-corrected chi connectivity index (χ1v) is 21.1. The molecule has 0 nitrogen and oxygen atoms in total. The Kier molecular flexibility index (Phi) is 7.87. The molecule has 0 heterocycles. The van der Waals surface area contributed by atoms with Gasteiger partial charge in [-0.15, -0.1) is 0 Å². The Bertz CT molecular complexity index is 977. The monoisotopic (exact) mass is 587 g/mol. The minimum Gasteiger partial charge on any atom is -0.0594 e. The van der Waals surface area contributed by atoms with Crippen molar-refractivity contribution in [1.29, 1.82) is 0 Å². The van der Waals surface area contributed by atoms with Crippen LogP contribution < -0.4 is 0 Å². The first kappa shape index (κ1) is 29.2. The van der Waals surface area contributed by atoms with Gasteiger partial charge in [0, 0.05) is 0 Å². The summed E-state index contributed by atoms with van der Waals surface area (Å²) in [5.41, 5.74) is 0.627. The lowest BCUT2D eigenvalue weighted by molar-refractivity contribution is -0.114. The summed E-state index contributed by atoms with van der Waals surface area (Å²) in [6, 6.07) is 0. The van der Waals surface area contributed by atoms with Crippen LogP contribution in [0, 0.1) is 100 Å². The molecule has 0 bridgehead atoms. The fourth-order valence-corrected chi connectivity index (χ4v) is 17.1. The highest BCUT2D eigenvalue weighted by Gasteiger charge is 2.59. The molecule has 16 atom stereocenters. The molecule has 0 aromatic heterocycles. The summed E-state index contributed by atoms with van der Waals surface area (Å²) in [4.78, 5) is 0. The van der Waals surface area contributed by atoms with Gasteiger partial charge in [0.25, 0.3) is 0 Å². The standard InChI is InChI=1S/C43H70/c1-43(2)40-18-10-9-16-35(40)36-22-21-28(26-41(36)43)31-23-29-12-4-5-13-32(29)38(25-31)39-24-30-20-19-27-11-3-6-14-33(27)42(30)37-17-8-7-15-34(37)39/h27-42H,3-26H2,1-2H3. The van der Waals surface area contributed by atoms with Gasteiger partial charge in [0.05, 0.1) is 0 Å². The van der Waals surface area contributed by atoms with Crippen LogP contribution in [0.2, 0.25) is 0 Å². The Hall–Kier alpha value is 0. The summed E-state index contributed by atoms with van der Waals surface area (Å²) in [7, 11) is 0. The normalized spacial score (nSPS) is 56.0. The Balaban J connectivity index is 0.979. The number of hydrogen-bond donors (Lipinski definition) is 0. The fraction of sp³-hybridized carbons (Fsp3) is 1.00. The lowest BCUT2D eigenvalue weighted by Gasteiger charge is -2.60. The van der Waals surface area contributed by atoms with Crippen molar-refractivity contribution in [2.24, 2.45) is 100 Å². The molecule has 9 fully saturated rings. The third-order valence-electron chi connectivity index (χ3n) is 18.5. The molecule has 9 aliphatic rings. The Labute approximate surface area is 267 Å². The summed E-state index contributed by atoms with van der Waals surface area (Å²) in [6.07, 6.45) is 38.6. The van der Waals surface area contributed by atoms with Gasteiger partial charge in [-0.05, 0) is 190 Å². The van der Waals surface area contributed by atoms with Crippen LogP contribution in [-0.4, -0.2) is 0 Å². The maximum Gasteiger partial charge on any atom is -0.0292 e. The van der Waals surface area contributed by atoms with Gasteiger partial charge in [0.15, 0.2) is 0 Å². The fourth-order valence-electron chi connectivity index (χ4n) is 17.1. The van der Waals surface area contributed by atoms with Crippen LogP contribution in [0.3, 0.4) is 0 Å². The predicted octanol–water partition coefficient (Wildman–Crippen LogP) is 12.4. The molecule has 0 N–H and O–H groups in total. The molecule has 0 aliphatic heterocycles. The molecule has 43 heavy (non-hydrogen) atoms. The van der Waals surface area contributed by atoms with E-state index in [1.165, 1.54) is 6.42 Å². The zero-order chi connectivity index (χ0) is 28.7. The van der Waals surface area contributed by atoms with Crippen molar-refractivity contribution in [3.05, 3.63) is 0 Å². The molecule has 9 aliphatic carbocycles. The lowest BCUT2D eigenvalue weighted by Crippen LogP contribution is -2.53. The van der Waals surface area contributed by atoms with E-state index in [4.69, 9.17) is 0 Å². The Morgan fingerprint density at radius 3 is 1.70 bits per heavy atom. The summed E-state index contributed by atoms with van der Waals surface area (Å²) < 4.78 is 0. The van der Waals surface area contributed by atoms with Crippen molar-refractivity contribution in [2.75, 3.05) is 0 Å². The smallest absolute Gasteiger partial charge is 0.0292 e. The molecular formula is C43H70. The van der Waals surface area contributed by atoms with E-state index in [0.717, 1.165) is 94.7 Å². The van der Waals surface area contributed by atoms with E-state index < -0.39 is 0 Å². The first-order chi connectivity index (χ1) is 21.1. The molecule has 0 spiro atoms. The highest BCUT2D eigenvalue weighted by molar-refractivity contribution is 5.08. The number of rotatable bonds is 2. The van der Waals surface area contributed by atoms with Crippen molar-refractivity contribution in [3.8, 4) is 0 Å². The van der Waals surface area contributed by atoms with Crippen LogP contribution >= 0.6 is 0 Å². The van der Waals surface area contributed by atoms with Crippen molar-refractivity contribution < 1.29 is 0 Å². The van der Waals surface area contributed by atoms with E-state index in [1.54, 1.807) is 148 Å². The molecule has 0 heteroatoms. The van der Waals surface area contributed by atoms with Crippen molar-refractivity contribution >= 4 is 0 Å². The molecule has 0 radical (unpaired) electrons. The van der Waals surface area contributed by atoms with Gasteiger partial charge in [0.2, 0.25) is 0 Å². The minimum atomic E-state index is 0.627. The molecule has 242 valence electrons. The van der Waals surface area contributed by atoms with Gasteiger partial charge in [0.1, 0.15) is 0 Å². The van der Waals surface area contributed by atoms with Gasteiger partial charge >= 0.3 is 0 Å². The highest BCUT2D eigenvalue weighted by atomic mass is 14.6. The number of fused-ring (bicyclic) bond motifs is 9. The third kappa shape index (κ3) is 4.83. The van der Waals surface area contributed by atoms with E-state index in [-0.39, 0.29) is 0 Å². The van der Waals surface area contributed by atoms with Gasteiger partial charge in [-0.1, -0.05) is 78.1 Å². The van der Waals surface area contributed by atoms with Crippen LogP contribution in [0.1, 0.15) is 168 Å². The Morgan fingerprint density at radius 2 is 0.860 bits per heavy atom. The largest absolute Gasteiger partial charge is 0.0594 e. The molecule has 16 unspecified atom stereocenters. The number of hydrogen-bond acceptors (Lipinski definition) is 0. The second-order valence-corrected chi connectivity index (χ2v) is 20.0. The maximum absolute atomic E-state index is 2.76.